The van der Waals surface area contributed by atoms with Crippen LogP contribution in [0.15, 0.2) is 102 Å². The summed E-state index contributed by atoms with van der Waals surface area (Å²) >= 11 is 6.32. The second-order valence-corrected chi connectivity index (χ2v) is 10.4. The van der Waals surface area contributed by atoms with Crippen molar-refractivity contribution in [3.63, 3.8) is 0 Å². The Morgan fingerprint density at radius 2 is 1.50 bits per heavy atom. The molecule has 0 heterocycles. The molecule has 4 aromatic rings. The number of rotatable bonds is 7. The molecule has 0 fully saturated rings. The van der Waals surface area contributed by atoms with Crippen LogP contribution in [0.4, 0.5) is 11.4 Å². The first-order valence-electron chi connectivity index (χ1n) is 11.3. The molecule has 4 rings (SSSR count). The molecule has 0 aliphatic rings. The van der Waals surface area contributed by atoms with Gasteiger partial charge in [0.1, 0.15) is 0 Å². The van der Waals surface area contributed by atoms with E-state index >= 15 is 0 Å². The third-order valence-electron chi connectivity index (χ3n) is 5.58. The Labute approximate surface area is 216 Å². The fourth-order valence-corrected chi connectivity index (χ4v) is 5.01. The Balaban J connectivity index is 1.57. The first-order valence-corrected chi connectivity index (χ1v) is 13.1. The van der Waals surface area contributed by atoms with Gasteiger partial charge in [0, 0.05) is 16.3 Å². The minimum atomic E-state index is -3.79. The fourth-order valence-electron chi connectivity index (χ4n) is 3.69. The summed E-state index contributed by atoms with van der Waals surface area (Å²) < 4.78 is 28.4. The first kappa shape index (κ1) is 25.2. The van der Waals surface area contributed by atoms with Crippen molar-refractivity contribution in [2.75, 3.05) is 10.0 Å². The van der Waals surface area contributed by atoms with Gasteiger partial charge in [-0.2, -0.15) is 0 Å². The van der Waals surface area contributed by atoms with Gasteiger partial charge in [-0.05, 0) is 73.0 Å². The number of carbonyl (C=O) groups excluding carboxylic acids is 1. The minimum absolute atomic E-state index is 0.0929. The molecule has 0 saturated heterocycles. The standard InChI is InChI=1S/C29H25ClN2O3S/c1-20-12-17-28(21(2)18-20)32-36(34,35)25-15-13-24(14-16-25)31-29(33)26(22-8-4-3-5-9-22)19-23-10-6-7-11-27(23)30/h3-19,32H,1-2H3,(H,31,33)/b26-19+. The van der Waals surface area contributed by atoms with Crippen molar-refractivity contribution < 1.29 is 13.2 Å². The normalized spacial score (nSPS) is 11.7. The van der Waals surface area contributed by atoms with Gasteiger partial charge in [0.2, 0.25) is 0 Å². The molecule has 5 nitrogen and oxygen atoms in total. The molecule has 0 saturated carbocycles. The maximum atomic E-state index is 13.3. The Bertz CT molecular complexity index is 1530. The first-order chi connectivity index (χ1) is 17.2. The van der Waals surface area contributed by atoms with Crippen LogP contribution < -0.4 is 10.0 Å². The average Bonchev–Trinajstić information content (AvgIpc) is 2.86. The number of aryl methyl sites for hydroxylation is 2. The molecule has 0 aliphatic heterocycles. The molecule has 1 amide bonds. The molecule has 4 aromatic carbocycles. The molecule has 0 radical (unpaired) electrons. The second kappa shape index (κ2) is 10.8. The topological polar surface area (TPSA) is 75.3 Å². The van der Waals surface area contributed by atoms with E-state index in [4.69, 9.17) is 11.6 Å². The maximum Gasteiger partial charge on any atom is 0.261 e. The number of anilines is 2. The molecule has 0 bridgehead atoms. The SMILES string of the molecule is Cc1ccc(NS(=O)(=O)c2ccc(NC(=O)/C(=C/c3ccccc3Cl)c3ccccc3)cc2)c(C)c1. The quantitative estimate of drug-likeness (QED) is 0.206. The van der Waals surface area contributed by atoms with Crippen LogP contribution in [0.2, 0.25) is 5.02 Å². The number of carbonyl (C=O) groups is 1. The van der Waals surface area contributed by atoms with Crippen LogP contribution in [0.3, 0.4) is 0 Å². The number of hydrogen-bond donors (Lipinski definition) is 2. The molecule has 0 aromatic heterocycles. The van der Waals surface area contributed by atoms with Crippen LogP contribution in [0.5, 0.6) is 0 Å². The summed E-state index contributed by atoms with van der Waals surface area (Å²) in [6.45, 7) is 3.80. The molecule has 2 N–H and O–H groups in total. The summed E-state index contributed by atoms with van der Waals surface area (Å²) in [6, 6.07) is 28.1. The molecule has 36 heavy (non-hydrogen) atoms. The number of benzene rings is 4. The predicted octanol–water partition coefficient (Wildman–Crippen LogP) is 6.94. The highest BCUT2D eigenvalue weighted by Gasteiger charge is 2.17. The van der Waals surface area contributed by atoms with E-state index < -0.39 is 10.0 Å². The smallest absolute Gasteiger partial charge is 0.261 e. The van der Waals surface area contributed by atoms with Crippen molar-refractivity contribution in [2.24, 2.45) is 0 Å². The van der Waals surface area contributed by atoms with Crippen LogP contribution in [-0.2, 0) is 14.8 Å². The zero-order chi connectivity index (χ0) is 25.7. The summed E-state index contributed by atoms with van der Waals surface area (Å²) in [5, 5.41) is 3.39. The zero-order valence-electron chi connectivity index (χ0n) is 19.8. The Morgan fingerprint density at radius 1 is 0.833 bits per heavy atom. The van der Waals surface area contributed by atoms with Gasteiger partial charge < -0.3 is 5.32 Å². The number of amides is 1. The van der Waals surface area contributed by atoms with E-state index in [1.807, 2.05) is 74.5 Å². The van der Waals surface area contributed by atoms with E-state index in [1.54, 1.807) is 30.3 Å². The van der Waals surface area contributed by atoms with Crippen molar-refractivity contribution >= 4 is 50.6 Å². The third kappa shape index (κ3) is 6.03. The van der Waals surface area contributed by atoms with Gasteiger partial charge in [0.25, 0.3) is 15.9 Å². The van der Waals surface area contributed by atoms with Gasteiger partial charge >= 0.3 is 0 Å². The van der Waals surface area contributed by atoms with Gasteiger partial charge in [-0.1, -0.05) is 77.8 Å². The summed E-state index contributed by atoms with van der Waals surface area (Å²) in [5.74, 6) is -0.342. The Morgan fingerprint density at radius 3 is 2.17 bits per heavy atom. The monoisotopic (exact) mass is 516 g/mol. The van der Waals surface area contributed by atoms with Crippen molar-refractivity contribution in [2.45, 2.75) is 18.7 Å². The van der Waals surface area contributed by atoms with Crippen molar-refractivity contribution in [1.29, 1.82) is 0 Å². The van der Waals surface area contributed by atoms with E-state index in [9.17, 15) is 13.2 Å². The van der Waals surface area contributed by atoms with E-state index in [1.165, 1.54) is 12.1 Å². The van der Waals surface area contributed by atoms with Crippen LogP contribution >= 0.6 is 11.6 Å². The summed E-state index contributed by atoms with van der Waals surface area (Å²) in [7, 11) is -3.79. The van der Waals surface area contributed by atoms with Crippen molar-refractivity contribution in [3.8, 4) is 0 Å². The van der Waals surface area contributed by atoms with E-state index in [0.717, 1.165) is 16.7 Å². The summed E-state index contributed by atoms with van der Waals surface area (Å²) in [6.07, 6.45) is 1.74. The molecule has 0 spiro atoms. The molecule has 0 unspecified atom stereocenters. The Kier molecular flexibility index (Phi) is 7.58. The van der Waals surface area contributed by atoms with Gasteiger partial charge in [0.15, 0.2) is 0 Å². The van der Waals surface area contributed by atoms with Crippen LogP contribution in [0.1, 0.15) is 22.3 Å². The highest BCUT2D eigenvalue weighted by atomic mass is 35.5. The molecule has 0 atom stereocenters. The number of hydrogen-bond acceptors (Lipinski definition) is 3. The van der Waals surface area contributed by atoms with Gasteiger partial charge in [-0.15, -0.1) is 0 Å². The van der Waals surface area contributed by atoms with E-state index in [2.05, 4.69) is 10.0 Å². The second-order valence-electron chi connectivity index (χ2n) is 8.35. The highest BCUT2D eigenvalue weighted by Crippen LogP contribution is 2.26. The molecular formula is C29H25ClN2O3S. The minimum Gasteiger partial charge on any atom is -0.322 e. The van der Waals surface area contributed by atoms with Crippen LogP contribution in [0.25, 0.3) is 11.6 Å². The lowest BCUT2D eigenvalue weighted by Gasteiger charge is -2.13. The van der Waals surface area contributed by atoms with Crippen molar-refractivity contribution in [3.05, 3.63) is 124 Å². The Hall–Kier alpha value is -3.87. The number of halogens is 1. The molecule has 0 aliphatic carbocycles. The lowest BCUT2D eigenvalue weighted by atomic mass is 10.0. The third-order valence-corrected chi connectivity index (χ3v) is 7.31. The average molecular weight is 517 g/mol. The van der Waals surface area contributed by atoms with Crippen LogP contribution in [0, 0.1) is 13.8 Å². The van der Waals surface area contributed by atoms with Crippen molar-refractivity contribution in [1.82, 2.24) is 0 Å². The lowest BCUT2D eigenvalue weighted by molar-refractivity contribution is -0.111. The fraction of sp³-hybridized carbons (Fsp3) is 0.0690. The van der Waals surface area contributed by atoms with Gasteiger partial charge in [0.05, 0.1) is 10.6 Å². The van der Waals surface area contributed by atoms with Gasteiger partial charge in [-0.3, -0.25) is 9.52 Å². The largest absolute Gasteiger partial charge is 0.322 e. The predicted molar refractivity (Wildman–Crippen MR) is 148 cm³/mol. The molecule has 182 valence electrons. The summed E-state index contributed by atoms with van der Waals surface area (Å²) in [4.78, 5) is 13.4. The van der Waals surface area contributed by atoms with Crippen LogP contribution in [-0.4, -0.2) is 14.3 Å². The number of nitrogens with one attached hydrogen (secondary N) is 2. The molecule has 7 heteroatoms. The number of sulfonamides is 1. The lowest BCUT2D eigenvalue weighted by Crippen LogP contribution is -2.15. The van der Waals surface area contributed by atoms with E-state index in [0.29, 0.717) is 27.5 Å². The van der Waals surface area contributed by atoms with E-state index in [-0.39, 0.29) is 10.8 Å². The summed E-state index contributed by atoms with van der Waals surface area (Å²) in [5.41, 5.74) is 4.74. The van der Waals surface area contributed by atoms with Gasteiger partial charge in [-0.25, -0.2) is 8.42 Å². The maximum absolute atomic E-state index is 13.3. The molecular weight excluding hydrogens is 492 g/mol. The highest BCUT2D eigenvalue weighted by molar-refractivity contribution is 7.92. The zero-order valence-corrected chi connectivity index (χ0v) is 21.4.